The molecule has 1 aromatic carbocycles. The van der Waals surface area contributed by atoms with E-state index in [1.165, 1.54) is 18.8 Å². The summed E-state index contributed by atoms with van der Waals surface area (Å²) in [5, 5.41) is 7.81. The van der Waals surface area contributed by atoms with Crippen LogP contribution in [0, 0.1) is 23.6 Å². The van der Waals surface area contributed by atoms with Gasteiger partial charge in [-0.05, 0) is 67.7 Å². The van der Waals surface area contributed by atoms with Crippen molar-refractivity contribution in [1.82, 2.24) is 25.0 Å². The molecular weight excluding hydrogens is 383 g/mol. The highest BCUT2D eigenvalue weighted by atomic mass is 19.1. The van der Waals surface area contributed by atoms with Crippen LogP contribution in [-0.4, -0.2) is 44.7 Å². The van der Waals surface area contributed by atoms with Crippen molar-refractivity contribution >= 4 is 5.95 Å². The summed E-state index contributed by atoms with van der Waals surface area (Å²) in [6, 6.07) is 7.94. The normalized spacial score (nSPS) is 21.6. The van der Waals surface area contributed by atoms with Crippen LogP contribution < -0.4 is 9.64 Å². The topological polar surface area (TPSA) is 69.0 Å². The van der Waals surface area contributed by atoms with Crippen LogP contribution in [0.3, 0.4) is 0 Å². The monoisotopic (exact) mass is 408 g/mol. The summed E-state index contributed by atoms with van der Waals surface area (Å²) in [5.74, 6) is 3.52. The highest BCUT2D eigenvalue weighted by Crippen LogP contribution is 2.49. The predicted molar refractivity (Wildman–Crippen MR) is 110 cm³/mol. The third-order valence-electron chi connectivity index (χ3n) is 6.29. The third-order valence-corrected chi connectivity index (χ3v) is 6.29. The minimum Gasteiger partial charge on any atom is -0.494 e. The number of hydrogen-bond donors (Lipinski definition) is 0. The first kappa shape index (κ1) is 19.0. The van der Waals surface area contributed by atoms with Gasteiger partial charge in [0.05, 0.1) is 37.1 Å². The molecule has 2 atom stereocenters. The third kappa shape index (κ3) is 4.27. The quantitative estimate of drug-likeness (QED) is 0.596. The Hall–Kier alpha value is -3.03. The average molecular weight is 408 g/mol. The number of nitrogens with zero attached hydrogens (tertiary/aromatic N) is 6. The van der Waals surface area contributed by atoms with E-state index in [9.17, 15) is 4.39 Å². The molecule has 0 spiro atoms. The van der Waals surface area contributed by atoms with Gasteiger partial charge in [0.25, 0.3) is 0 Å². The molecule has 5 rings (SSSR count). The molecule has 1 aliphatic carbocycles. The van der Waals surface area contributed by atoms with Crippen LogP contribution in [0.4, 0.5) is 10.3 Å². The fraction of sp³-hybridized carbons (Fsp3) is 0.455. The highest BCUT2D eigenvalue weighted by Gasteiger charge is 2.43. The Labute approximate surface area is 174 Å². The fourth-order valence-electron chi connectivity index (χ4n) is 4.55. The molecule has 2 aromatic heterocycles. The Kier molecular flexibility index (Phi) is 5.29. The zero-order chi connectivity index (χ0) is 20.3. The number of rotatable bonds is 7. The second-order valence-corrected chi connectivity index (χ2v) is 8.16. The molecule has 2 fully saturated rings. The molecule has 0 bridgehead atoms. The van der Waals surface area contributed by atoms with Crippen LogP contribution in [0.25, 0.3) is 5.69 Å². The molecular formula is C22H25FN6O. The van der Waals surface area contributed by atoms with Crippen LogP contribution in [0.5, 0.6) is 5.75 Å². The Morgan fingerprint density at radius 2 is 1.83 bits per heavy atom. The van der Waals surface area contributed by atoms with Gasteiger partial charge in [0, 0.05) is 13.1 Å². The molecule has 30 heavy (non-hydrogen) atoms. The molecule has 1 saturated carbocycles. The van der Waals surface area contributed by atoms with Crippen molar-refractivity contribution in [2.75, 3.05) is 24.6 Å². The molecule has 3 heterocycles. The summed E-state index contributed by atoms with van der Waals surface area (Å²) in [6.07, 6.45) is 10.7. The van der Waals surface area contributed by atoms with Gasteiger partial charge in [-0.15, -0.1) is 5.10 Å². The number of piperidine rings is 1. The fourth-order valence-corrected chi connectivity index (χ4v) is 4.55. The van der Waals surface area contributed by atoms with Gasteiger partial charge in [0.1, 0.15) is 5.75 Å². The summed E-state index contributed by atoms with van der Waals surface area (Å²) in [7, 11) is 0. The second-order valence-electron chi connectivity index (χ2n) is 8.16. The van der Waals surface area contributed by atoms with Gasteiger partial charge in [0.15, 0.2) is 5.82 Å². The van der Waals surface area contributed by atoms with Crippen LogP contribution in [-0.2, 0) is 0 Å². The second kappa shape index (κ2) is 8.38. The number of halogens is 1. The van der Waals surface area contributed by atoms with Gasteiger partial charge in [-0.25, -0.2) is 19.0 Å². The predicted octanol–water partition coefficient (Wildman–Crippen LogP) is 3.52. The van der Waals surface area contributed by atoms with E-state index in [0.29, 0.717) is 5.95 Å². The van der Waals surface area contributed by atoms with E-state index >= 15 is 0 Å². The van der Waals surface area contributed by atoms with E-state index in [1.807, 2.05) is 30.5 Å². The summed E-state index contributed by atoms with van der Waals surface area (Å²) >= 11 is 0. The molecule has 1 saturated heterocycles. The highest BCUT2D eigenvalue weighted by molar-refractivity contribution is 5.36. The smallest absolute Gasteiger partial charge is 0.225 e. The lowest BCUT2D eigenvalue weighted by molar-refractivity contribution is 0.284. The van der Waals surface area contributed by atoms with Crippen molar-refractivity contribution in [2.24, 2.45) is 17.8 Å². The average Bonchev–Trinajstić information content (AvgIpc) is 3.34. The maximum absolute atomic E-state index is 13.0. The van der Waals surface area contributed by atoms with Crippen molar-refractivity contribution in [3.8, 4) is 11.4 Å². The van der Waals surface area contributed by atoms with Gasteiger partial charge in [-0.1, -0.05) is 5.21 Å². The first-order chi connectivity index (χ1) is 14.8. The maximum Gasteiger partial charge on any atom is 0.225 e. The molecule has 156 valence electrons. The minimum absolute atomic E-state index is 0.386. The van der Waals surface area contributed by atoms with E-state index in [0.717, 1.165) is 68.1 Å². The molecule has 2 aliphatic rings. The van der Waals surface area contributed by atoms with Crippen molar-refractivity contribution in [2.45, 2.75) is 25.7 Å². The summed E-state index contributed by atoms with van der Waals surface area (Å²) in [6.45, 7) is 2.66. The standard InChI is InChI=1S/C22H25FN6O/c23-18-14-24-22(25-15-18)28-9-5-16(6-10-28)21-13-17(21)7-12-30-20-3-1-19(2-4-20)29-11-8-26-27-29/h1-4,8,11,14-17,21H,5-7,9-10,12-13H2/t17-,21-/m0/s1. The van der Waals surface area contributed by atoms with Crippen molar-refractivity contribution < 1.29 is 9.13 Å². The van der Waals surface area contributed by atoms with Crippen molar-refractivity contribution in [3.63, 3.8) is 0 Å². The number of aromatic nitrogens is 5. The Morgan fingerprint density at radius 3 is 2.53 bits per heavy atom. The molecule has 0 unspecified atom stereocenters. The van der Waals surface area contributed by atoms with E-state index in [2.05, 4.69) is 25.2 Å². The van der Waals surface area contributed by atoms with Crippen LogP contribution in [0.1, 0.15) is 25.7 Å². The zero-order valence-electron chi connectivity index (χ0n) is 16.8. The van der Waals surface area contributed by atoms with E-state index in [4.69, 9.17) is 4.74 Å². The lowest BCUT2D eigenvalue weighted by Gasteiger charge is -2.32. The largest absolute Gasteiger partial charge is 0.494 e. The van der Waals surface area contributed by atoms with E-state index in [-0.39, 0.29) is 5.82 Å². The molecule has 7 nitrogen and oxygen atoms in total. The van der Waals surface area contributed by atoms with Gasteiger partial charge in [-0.2, -0.15) is 0 Å². The molecule has 0 N–H and O–H groups in total. The Morgan fingerprint density at radius 1 is 1.07 bits per heavy atom. The van der Waals surface area contributed by atoms with E-state index < -0.39 is 0 Å². The van der Waals surface area contributed by atoms with Gasteiger partial charge in [0.2, 0.25) is 5.95 Å². The summed E-state index contributed by atoms with van der Waals surface area (Å²) in [4.78, 5) is 10.4. The molecule has 8 heteroatoms. The first-order valence-electron chi connectivity index (χ1n) is 10.6. The van der Waals surface area contributed by atoms with Crippen LogP contribution >= 0.6 is 0 Å². The van der Waals surface area contributed by atoms with Crippen LogP contribution in [0.2, 0.25) is 0 Å². The van der Waals surface area contributed by atoms with Crippen LogP contribution in [0.15, 0.2) is 49.1 Å². The van der Waals surface area contributed by atoms with Crippen molar-refractivity contribution in [1.29, 1.82) is 0 Å². The Bertz CT molecular complexity index is 939. The molecule has 3 aromatic rings. The Balaban J connectivity index is 1.03. The van der Waals surface area contributed by atoms with Gasteiger partial charge >= 0.3 is 0 Å². The van der Waals surface area contributed by atoms with E-state index in [1.54, 1.807) is 10.9 Å². The lowest BCUT2D eigenvalue weighted by Crippen LogP contribution is -2.35. The SMILES string of the molecule is Fc1cnc(N2CCC([C@@H]3C[C@@H]3CCOc3ccc(-n4ccnn4)cc3)CC2)nc1. The number of hydrogen-bond acceptors (Lipinski definition) is 6. The number of anilines is 1. The summed E-state index contributed by atoms with van der Waals surface area (Å²) < 4.78 is 20.7. The van der Waals surface area contributed by atoms with Gasteiger partial charge < -0.3 is 9.64 Å². The molecule has 0 radical (unpaired) electrons. The number of ether oxygens (including phenoxy) is 1. The maximum atomic E-state index is 13.0. The minimum atomic E-state index is -0.386. The zero-order valence-corrected chi connectivity index (χ0v) is 16.8. The first-order valence-corrected chi connectivity index (χ1v) is 10.6. The summed E-state index contributed by atoms with van der Waals surface area (Å²) in [5.41, 5.74) is 0.972. The molecule has 0 amide bonds. The number of benzene rings is 1. The van der Waals surface area contributed by atoms with Gasteiger partial charge in [-0.3, -0.25) is 0 Å². The molecule has 1 aliphatic heterocycles. The lowest BCUT2D eigenvalue weighted by atomic mass is 9.90. The van der Waals surface area contributed by atoms with Crippen molar-refractivity contribution in [3.05, 3.63) is 54.9 Å².